The van der Waals surface area contributed by atoms with Crippen LogP contribution in [0.25, 0.3) is 0 Å². The third-order valence-electron chi connectivity index (χ3n) is 5.25. The van der Waals surface area contributed by atoms with E-state index in [1.807, 2.05) is 23.1 Å². The highest BCUT2D eigenvalue weighted by Crippen LogP contribution is 2.40. The molecule has 1 N–H and O–H groups in total. The minimum atomic E-state index is -0.295. The zero-order valence-electron chi connectivity index (χ0n) is 17.3. The molecule has 0 unspecified atom stereocenters. The van der Waals surface area contributed by atoms with Crippen LogP contribution in [0.5, 0.6) is 0 Å². The highest BCUT2D eigenvalue weighted by molar-refractivity contribution is 7.80. The first-order valence-electron chi connectivity index (χ1n) is 9.77. The van der Waals surface area contributed by atoms with Gasteiger partial charge >= 0.3 is 5.97 Å². The maximum Gasteiger partial charge on any atom is 0.325 e. The first-order chi connectivity index (χ1) is 14.0. The van der Waals surface area contributed by atoms with E-state index in [2.05, 4.69) is 34.8 Å². The predicted molar refractivity (Wildman–Crippen MR) is 115 cm³/mol. The van der Waals surface area contributed by atoms with Gasteiger partial charge in [-0.15, -0.1) is 0 Å². The fourth-order valence-corrected chi connectivity index (χ4v) is 4.22. The van der Waals surface area contributed by atoms with E-state index in [0.717, 1.165) is 29.2 Å². The van der Waals surface area contributed by atoms with Crippen LogP contribution >= 0.6 is 12.2 Å². The smallest absolute Gasteiger partial charge is 0.325 e. The zero-order valence-corrected chi connectivity index (χ0v) is 18.2. The lowest BCUT2D eigenvalue weighted by Gasteiger charge is -2.27. The minimum absolute atomic E-state index is 0.0927. The van der Waals surface area contributed by atoms with Gasteiger partial charge in [-0.25, -0.2) is 0 Å². The summed E-state index contributed by atoms with van der Waals surface area (Å²) in [5.74, 6) is -0.295. The van der Waals surface area contributed by atoms with E-state index in [9.17, 15) is 4.79 Å². The summed E-state index contributed by atoms with van der Waals surface area (Å²) in [5.41, 5.74) is 4.27. The molecule has 2 aromatic rings. The normalized spacial score (nSPS) is 18.8. The van der Waals surface area contributed by atoms with Crippen LogP contribution in [0.3, 0.4) is 0 Å². The molecule has 3 heterocycles. The number of pyridine rings is 1. The van der Waals surface area contributed by atoms with Crippen LogP contribution in [0.15, 0.2) is 30.5 Å². The summed E-state index contributed by atoms with van der Waals surface area (Å²) in [4.78, 5) is 18.7. The molecule has 1 aliphatic rings. The second kappa shape index (κ2) is 9.37. The maximum atomic E-state index is 12.3. The summed E-state index contributed by atoms with van der Waals surface area (Å²) in [6.07, 6.45) is 1.77. The number of ether oxygens (including phenoxy) is 2. The molecule has 29 heavy (non-hydrogen) atoms. The highest BCUT2D eigenvalue weighted by Gasteiger charge is 2.42. The molecule has 7 nitrogen and oxygen atoms in total. The number of nitrogens with zero attached hydrogens (tertiary/aromatic N) is 3. The van der Waals surface area contributed by atoms with Crippen molar-refractivity contribution in [2.45, 2.75) is 39.4 Å². The largest absolute Gasteiger partial charge is 0.465 e. The van der Waals surface area contributed by atoms with Crippen molar-refractivity contribution in [3.8, 4) is 0 Å². The van der Waals surface area contributed by atoms with Gasteiger partial charge in [0.2, 0.25) is 0 Å². The van der Waals surface area contributed by atoms with Crippen molar-refractivity contribution in [1.82, 2.24) is 19.8 Å². The number of aryl methyl sites for hydroxylation is 1. The summed E-state index contributed by atoms with van der Waals surface area (Å²) in [6, 6.07) is 7.67. The van der Waals surface area contributed by atoms with Gasteiger partial charge in [-0.05, 0) is 56.8 Å². The molecule has 0 amide bonds. The molecule has 1 aliphatic heterocycles. The molecule has 0 spiro atoms. The molecule has 0 radical (unpaired) electrons. The van der Waals surface area contributed by atoms with Crippen LogP contribution in [0, 0.1) is 13.8 Å². The van der Waals surface area contributed by atoms with Crippen molar-refractivity contribution in [1.29, 1.82) is 0 Å². The lowest BCUT2D eigenvalue weighted by molar-refractivity contribution is -0.143. The Morgan fingerprint density at radius 2 is 2.14 bits per heavy atom. The molecule has 0 aliphatic carbocycles. The van der Waals surface area contributed by atoms with Gasteiger partial charge < -0.3 is 24.3 Å². The molecule has 2 atom stereocenters. The third-order valence-corrected chi connectivity index (χ3v) is 5.61. The fourth-order valence-electron chi connectivity index (χ4n) is 3.91. The molecular formula is C21H28N4O3S. The van der Waals surface area contributed by atoms with Gasteiger partial charge in [-0.3, -0.25) is 9.78 Å². The monoisotopic (exact) mass is 416 g/mol. The summed E-state index contributed by atoms with van der Waals surface area (Å²) < 4.78 is 12.7. The number of carbonyl (C=O) groups is 1. The lowest BCUT2D eigenvalue weighted by atomic mass is 9.97. The summed E-state index contributed by atoms with van der Waals surface area (Å²) in [7, 11) is 1.70. The van der Waals surface area contributed by atoms with E-state index in [1.54, 1.807) is 20.2 Å². The molecule has 8 heteroatoms. The van der Waals surface area contributed by atoms with Gasteiger partial charge in [0, 0.05) is 31.2 Å². The molecule has 3 rings (SSSR count). The average molecular weight is 417 g/mol. The molecule has 1 saturated heterocycles. The van der Waals surface area contributed by atoms with Crippen LogP contribution in [-0.4, -0.2) is 52.4 Å². The van der Waals surface area contributed by atoms with Gasteiger partial charge in [-0.1, -0.05) is 6.07 Å². The van der Waals surface area contributed by atoms with Crippen molar-refractivity contribution < 1.29 is 14.3 Å². The third kappa shape index (κ3) is 4.43. The Bertz CT molecular complexity index is 868. The number of rotatable bonds is 8. The summed E-state index contributed by atoms with van der Waals surface area (Å²) in [5, 5.41) is 3.90. The number of methoxy groups -OCH3 is 1. The zero-order chi connectivity index (χ0) is 21.0. The molecule has 2 aromatic heterocycles. The Labute approximate surface area is 177 Å². The Morgan fingerprint density at radius 3 is 2.79 bits per heavy atom. The first kappa shape index (κ1) is 21.3. The number of nitrogens with one attached hydrogen (secondary N) is 1. The highest BCUT2D eigenvalue weighted by atomic mass is 32.1. The minimum Gasteiger partial charge on any atom is -0.465 e. The van der Waals surface area contributed by atoms with Crippen LogP contribution in [-0.2, 0) is 20.8 Å². The van der Waals surface area contributed by atoms with E-state index in [1.165, 1.54) is 0 Å². The maximum absolute atomic E-state index is 12.3. The first-order valence-corrected chi connectivity index (χ1v) is 10.2. The van der Waals surface area contributed by atoms with E-state index in [0.29, 0.717) is 18.3 Å². The summed E-state index contributed by atoms with van der Waals surface area (Å²) in [6.45, 7) is 7.81. The number of hydrogen-bond donors (Lipinski definition) is 1. The van der Waals surface area contributed by atoms with Crippen LogP contribution in [0.2, 0.25) is 0 Å². The Kier molecular flexibility index (Phi) is 6.87. The molecule has 156 valence electrons. The Balaban J connectivity index is 2.02. The van der Waals surface area contributed by atoms with Crippen molar-refractivity contribution in [3.05, 3.63) is 53.1 Å². The van der Waals surface area contributed by atoms with E-state index >= 15 is 0 Å². The SMILES string of the molecule is CCOC(=O)CN1C(=S)N[C@H](c2ccccn2)[C@H]1c1cc(C)n(CCOC)c1C. The van der Waals surface area contributed by atoms with Gasteiger partial charge in [0.25, 0.3) is 0 Å². The molecule has 1 fully saturated rings. The summed E-state index contributed by atoms with van der Waals surface area (Å²) >= 11 is 5.60. The quantitative estimate of drug-likeness (QED) is 0.524. The van der Waals surface area contributed by atoms with Crippen LogP contribution in [0.1, 0.15) is 41.7 Å². The van der Waals surface area contributed by atoms with Gasteiger partial charge in [0.05, 0.1) is 31.0 Å². The van der Waals surface area contributed by atoms with E-state index in [-0.39, 0.29) is 24.6 Å². The van der Waals surface area contributed by atoms with Crippen LogP contribution in [0.4, 0.5) is 0 Å². The lowest BCUT2D eigenvalue weighted by Crippen LogP contribution is -2.35. The number of aromatic nitrogens is 2. The van der Waals surface area contributed by atoms with Crippen LogP contribution < -0.4 is 5.32 Å². The van der Waals surface area contributed by atoms with Gasteiger partial charge in [-0.2, -0.15) is 0 Å². The van der Waals surface area contributed by atoms with Gasteiger partial charge in [0.1, 0.15) is 6.54 Å². The number of carbonyl (C=O) groups excluding carboxylic acids is 1. The molecule has 0 aromatic carbocycles. The number of thiocarbonyl (C=S) groups is 1. The fraction of sp³-hybridized carbons (Fsp3) is 0.476. The molecule has 0 bridgehead atoms. The van der Waals surface area contributed by atoms with Crippen molar-refractivity contribution in [2.75, 3.05) is 26.9 Å². The number of hydrogen-bond acceptors (Lipinski definition) is 5. The van der Waals surface area contributed by atoms with Crippen molar-refractivity contribution in [2.24, 2.45) is 0 Å². The molecule has 0 saturated carbocycles. The Morgan fingerprint density at radius 1 is 1.34 bits per heavy atom. The Hall–Kier alpha value is -2.45. The van der Waals surface area contributed by atoms with E-state index < -0.39 is 0 Å². The standard InChI is InChI=1S/C21H28N4O3S/c1-5-28-18(26)13-25-20(16-12-14(2)24(15(16)3)10-11-27-4)19(23-21(25)29)17-8-6-7-9-22-17/h6-9,12,19-20H,5,10-11,13H2,1-4H3,(H,23,29)/t19-,20-/m1/s1. The van der Waals surface area contributed by atoms with E-state index in [4.69, 9.17) is 21.7 Å². The molecular weight excluding hydrogens is 388 g/mol. The topological polar surface area (TPSA) is 68.6 Å². The number of esters is 1. The second-order valence-electron chi connectivity index (χ2n) is 7.03. The van der Waals surface area contributed by atoms with Gasteiger partial charge in [0.15, 0.2) is 5.11 Å². The average Bonchev–Trinajstić information content (AvgIpc) is 3.17. The van der Waals surface area contributed by atoms with Crippen molar-refractivity contribution in [3.63, 3.8) is 0 Å². The predicted octanol–water partition coefficient (Wildman–Crippen LogP) is 2.68. The second-order valence-corrected chi connectivity index (χ2v) is 7.42. The van der Waals surface area contributed by atoms with Crippen molar-refractivity contribution >= 4 is 23.3 Å².